The average Bonchev–Trinajstić information content (AvgIpc) is 2.40. The van der Waals surface area contributed by atoms with Gasteiger partial charge in [0.2, 0.25) is 0 Å². The number of aromatic nitrogens is 1. The Balaban J connectivity index is 2.92. The van der Waals surface area contributed by atoms with Crippen LogP contribution in [0.3, 0.4) is 0 Å². The highest BCUT2D eigenvalue weighted by Crippen LogP contribution is 2.19. The third-order valence-corrected chi connectivity index (χ3v) is 2.37. The Morgan fingerprint density at radius 3 is 3.00 bits per heavy atom. The monoisotopic (exact) mass is 167 g/mol. The van der Waals surface area contributed by atoms with Crippen LogP contribution in [0.5, 0.6) is 0 Å². The summed E-state index contributed by atoms with van der Waals surface area (Å²) in [5.41, 5.74) is 5.23. The molecule has 0 aromatic carbocycles. The molecule has 0 saturated carbocycles. The number of hydrogen-bond donors (Lipinski definition) is 2. The van der Waals surface area contributed by atoms with Crippen LogP contribution in [0.15, 0.2) is 5.51 Å². The van der Waals surface area contributed by atoms with Crippen molar-refractivity contribution in [2.24, 2.45) is 5.84 Å². The summed E-state index contributed by atoms with van der Waals surface area (Å²) in [5.74, 6) is 7.76. The first-order valence-corrected chi connectivity index (χ1v) is 3.99. The van der Waals surface area contributed by atoms with Crippen LogP contribution >= 0.6 is 11.3 Å². The van der Waals surface area contributed by atoms with Gasteiger partial charge in [0.05, 0.1) is 16.1 Å². The van der Waals surface area contributed by atoms with Gasteiger partial charge in [0, 0.05) is 0 Å². The fourth-order valence-electron chi connectivity index (χ4n) is 0.788. The minimum Gasteiger partial charge on any atom is -0.270 e. The molecule has 3 N–H and O–H groups in total. The fourth-order valence-corrected chi connectivity index (χ4v) is 1.61. The van der Waals surface area contributed by atoms with E-state index in [2.05, 4.69) is 16.3 Å². The zero-order valence-electron chi connectivity index (χ0n) is 6.16. The zero-order chi connectivity index (χ0) is 8.27. The lowest BCUT2D eigenvalue weighted by molar-refractivity contribution is 0.679. The number of hydrazine groups is 1. The Kier molecular flexibility index (Phi) is 2.60. The molecule has 0 aliphatic heterocycles. The maximum absolute atomic E-state index is 5.23. The molecule has 1 unspecified atom stereocenters. The van der Waals surface area contributed by atoms with Gasteiger partial charge in [-0.25, -0.2) is 10.4 Å². The minimum atomic E-state index is -0.206. The lowest BCUT2D eigenvalue weighted by Crippen LogP contribution is -2.26. The summed E-state index contributed by atoms with van der Waals surface area (Å²) < 4.78 is 0. The van der Waals surface area contributed by atoms with Gasteiger partial charge in [0.15, 0.2) is 0 Å². The normalized spacial score (nSPS) is 12.5. The van der Waals surface area contributed by atoms with Crippen LogP contribution in [-0.2, 0) is 0 Å². The van der Waals surface area contributed by atoms with E-state index in [9.17, 15) is 0 Å². The quantitative estimate of drug-likeness (QED) is 0.385. The number of hydrogen-bond acceptors (Lipinski definition) is 4. The first-order chi connectivity index (χ1) is 5.29. The van der Waals surface area contributed by atoms with Crippen molar-refractivity contribution < 1.29 is 0 Å². The Morgan fingerprint density at radius 1 is 1.91 bits per heavy atom. The Labute approximate surface area is 69.6 Å². The zero-order valence-corrected chi connectivity index (χ0v) is 6.98. The molecular formula is C7H9N3S. The lowest BCUT2D eigenvalue weighted by Gasteiger charge is -2.05. The van der Waals surface area contributed by atoms with Crippen molar-refractivity contribution in [1.29, 1.82) is 0 Å². The van der Waals surface area contributed by atoms with Crippen LogP contribution in [0.4, 0.5) is 0 Å². The second-order valence-corrected chi connectivity index (χ2v) is 2.95. The SMILES string of the molecule is C#CC(NN)c1scnc1C. The van der Waals surface area contributed by atoms with E-state index in [0.29, 0.717) is 0 Å². The predicted octanol–water partition coefficient (Wildman–Crippen LogP) is 0.589. The van der Waals surface area contributed by atoms with Gasteiger partial charge in [0.1, 0.15) is 6.04 Å². The van der Waals surface area contributed by atoms with E-state index in [1.54, 1.807) is 5.51 Å². The van der Waals surface area contributed by atoms with Crippen LogP contribution < -0.4 is 11.3 Å². The van der Waals surface area contributed by atoms with E-state index in [4.69, 9.17) is 12.3 Å². The van der Waals surface area contributed by atoms with E-state index < -0.39 is 0 Å². The summed E-state index contributed by atoms with van der Waals surface area (Å²) in [6, 6.07) is -0.206. The second kappa shape index (κ2) is 3.49. The van der Waals surface area contributed by atoms with Crippen molar-refractivity contribution >= 4 is 11.3 Å². The van der Waals surface area contributed by atoms with E-state index in [1.807, 2.05) is 6.92 Å². The molecule has 0 spiro atoms. The van der Waals surface area contributed by atoms with Crippen molar-refractivity contribution in [2.75, 3.05) is 0 Å². The van der Waals surface area contributed by atoms with Crippen molar-refractivity contribution in [3.63, 3.8) is 0 Å². The van der Waals surface area contributed by atoms with Gasteiger partial charge in [-0.2, -0.15) is 0 Å². The summed E-state index contributed by atoms with van der Waals surface area (Å²) in [7, 11) is 0. The molecule has 0 bridgehead atoms. The molecule has 3 nitrogen and oxygen atoms in total. The molecule has 4 heteroatoms. The van der Waals surface area contributed by atoms with Crippen LogP contribution in [0, 0.1) is 19.3 Å². The summed E-state index contributed by atoms with van der Waals surface area (Å²) in [6.07, 6.45) is 5.23. The molecule has 1 aromatic heterocycles. The summed E-state index contributed by atoms with van der Waals surface area (Å²) >= 11 is 1.51. The summed E-state index contributed by atoms with van der Waals surface area (Å²) in [4.78, 5) is 5.07. The van der Waals surface area contributed by atoms with Gasteiger partial charge in [-0.05, 0) is 6.92 Å². The molecule has 0 amide bonds. The van der Waals surface area contributed by atoms with Crippen LogP contribution in [0.25, 0.3) is 0 Å². The van der Waals surface area contributed by atoms with Crippen LogP contribution in [-0.4, -0.2) is 4.98 Å². The second-order valence-electron chi connectivity index (χ2n) is 2.07. The number of aryl methyl sites for hydroxylation is 1. The van der Waals surface area contributed by atoms with Gasteiger partial charge in [0.25, 0.3) is 0 Å². The molecule has 1 aromatic rings. The van der Waals surface area contributed by atoms with Crippen LogP contribution in [0.2, 0.25) is 0 Å². The van der Waals surface area contributed by atoms with Gasteiger partial charge in [-0.3, -0.25) is 5.84 Å². The number of nitrogens with two attached hydrogens (primary N) is 1. The molecule has 1 heterocycles. The smallest absolute Gasteiger partial charge is 0.117 e. The highest BCUT2D eigenvalue weighted by molar-refractivity contribution is 7.09. The molecule has 0 saturated heterocycles. The number of rotatable bonds is 2. The van der Waals surface area contributed by atoms with E-state index >= 15 is 0 Å². The maximum Gasteiger partial charge on any atom is 0.117 e. The van der Waals surface area contributed by atoms with E-state index in [0.717, 1.165) is 10.6 Å². The Hall–Kier alpha value is -0.890. The van der Waals surface area contributed by atoms with Crippen molar-refractivity contribution in [3.8, 4) is 12.3 Å². The number of thiazole rings is 1. The van der Waals surface area contributed by atoms with Gasteiger partial charge < -0.3 is 0 Å². The minimum absolute atomic E-state index is 0.206. The number of terminal acetylenes is 1. The molecule has 0 radical (unpaired) electrons. The van der Waals surface area contributed by atoms with E-state index in [-0.39, 0.29) is 6.04 Å². The third kappa shape index (κ3) is 1.57. The molecule has 1 rings (SSSR count). The fraction of sp³-hybridized carbons (Fsp3) is 0.286. The largest absolute Gasteiger partial charge is 0.270 e. The third-order valence-electron chi connectivity index (χ3n) is 1.38. The molecule has 11 heavy (non-hydrogen) atoms. The molecule has 1 atom stereocenters. The number of nitrogens with one attached hydrogen (secondary N) is 1. The molecular weight excluding hydrogens is 158 g/mol. The Bertz CT molecular complexity index is 273. The van der Waals surface area contributed by atoms with Gasteiger partial charge in [-0.15, -0.1) is 17.8 Å². The predicted molar refractivity (Wildman–Crippen MR) is 45.7 cm³/mol. The van der Waals surface area contributed by atoms with Gasteiger partial charge >= 0.3 is 0 Å². The van der Waals surface area contributed by atoms with E-state index in [1.165, 1.54) is 11.3 Å². The molecule has 58 valence electrons. The van der Waals surface area contributed by atoms with Crippen molar-refractivity contribution in [2.45, 2.75) is 13.0 Å². The molecule has 0 aliphatic carbocycles. The topological polar surface area (TPSA) is 50.9 Å². The van der Waals surface area contributed by atoms with Crippen LogP contribution in [0.1, 0.15) is 16.6 Å². The maximum atomic E-state index is 5.23. The lowest BCUT2D eigenvalue weighted by atomic mass is 10.2. The molecule has 0 aliphatic rings. The van der Waals surface area contributed by atoms with Crippen molar-refractivity contribution in [1.82, 2.24) is 10.4 Å². The Morgan fingerprint density at radius 2 is 2.64 bits per heavy atom. The highest BCUT2D eigenvalue weighted by Gasteiger charge is 2.10. The summed E-state index contributed by atoms with van der Waals surface area (Å²) in [6.45, 7) is 1.91. The standard InChI is InChI=1S/C7H9N3S/c1-3-6(10-8)7-5(2)9-4-11-7/h1,4,6,10H,8H2,2H3. The highest BCUT2D eigenvalue weighted by atomic mass is 32.1. The first kappa shape index (κ1) is 8.21. The number of nitrogens with zero attached hydrogens (tertiary/aromatic N) is 1. The average molecular weight is 167 g/mol. The molecule has 0 fully saturated rings. The van der Waals surface area contributed by atoms with Crippen molar-refractivity contribution in [3.05, 3.63) is 16.1 Å². The summed E-state index contributed by atoms with van der Waals surface area (Å²) in [5, 5.41) is 0. The first-order valence-electron chi connectivity index (χ1n) is 3.12. The van der Waals surface area contributed by atoms with Gasteiger partial charge in [-0.1, -0.05) is 5.92 Å².